The molecule has 10 nitrogen and oxygen atoms in total. The van der Waals surface area contributed by atoms with Gasteiger partial charge in [-0.05, 0) is 0 Å². The first-order valence-corrected chi connectivity index (χ1v) is 3.78. The Morgan fingerprint density at radius 1 is 1.00 bits per heavy atom. The molecule has 0 heterocycles. The maximum absolute atomic E-state index is 8.88. The molecule has 0 aliphatic carbocycles. The average molecular weight is 244 g/mol. The molecule has 0 aliphatic heterocycles. The number of phosphoric acid groups is 1. The predicted octanol–water partition coefficient (Wildman–Crippen LogP) is -4.57. The fourth-order valence-corrected chi connectivity index (χ4v) is 0. The number of rotatable bonds is 0. The Morgan fingerprint density at radius 3 is 1.00 bits per heavy atom. The molecule has 0 aromatic heterocycles. The monoisotopic (exact) mass is 244 g/mol. The number of hydrogen-bond donors (Lipinski definition) is 7. The topological polar surface area (TPSA) is 204 Å². The van der Waals surface area contributed by atoms with Gasteiger partial charge < -0.3 is 37.8 Å². The quantitative estimate of drug-likeness (QED) is 0.163. The second-order valence-electron chi connectivity index (χ2n) is 1.19. The molecule has 0 radical (unpaired) electrons. The maximum Gasteiger partial charge on any atom is 1.00 e. The zero-order valence-electron chi connectivity index (χ0n) is 8.06. The summed E-state index contributed by atoms with van der Waals surface area (Å²) in [6.07, 6.45) is -2.67. The average Bonchev–Trinajstić information content (AvgIpc) is 1.50. The van der Waals surface area contributed by atoms with Crippen molar-refractivity contribution in [3.8, 4) is 0 Å². The molecule has 0 saturated carbocycles. The van der Waals surface area contributed by atoms with E-state index in [4.69, 9.17) is 39.0 Å². The van der Waals surface area contributed by atoms with E-state index < -0.39 is 20.0 Å². The summed E-state index contributed by atoms with van der Waals surface area (Å²) >= 11 is 0. The van der Waals surface area contributed by atoms with Crippen LogP contribution in [-0.2, 0) is 4.57 Å². The Bertz CT molecular complexity index is 179. The molecule has 0 unspecified atom stereocenters. The van der Waals surface area contributed by atoms with Crippen LogP contribution in [0.15, 0.2) is 0 Å². The normalized spacial score (nSPS) is 7.64. The number of carbonyl (C=O) groups is 2. The summed E-state index contributed by atoms with van der Waals surface area (Å²) < 4.78 is 8.88. The number of hydrogen-bond acceptors (Lipinski definition) is 3. The van der Waals surface area contributed by atoms with Crippen molar-refractivity contribution in [1.82, 2.24) is 0 Å². The van der Waals surface area contributed by atoms with E-state index >= 15 is 0 Å². The van der Waals surface area contributed by atoms with Gasteiger partial charge in [0.05, 0.1) is 0 Å². The first kappa shape index (κ1) is 23.5. The number of carboxylic acid groups (broad SMARTS) is 2. The molecular formula is C2H10N2NaO8P. The third-order valence-corrected chi connectivity index (χ3v) is 0. The van der Waals surface area contributed by atoms with E-state index in [9.17, 15) is 0 Å². The zero-order valence-corrected chi connectivity index (χ0v) is 9.96. The Hall–Kier alpha value is -0.350. The van der Waals surface area contributed by atoms with Crippen LogP contribution in [0.4, 0.5) is 9.59 Å². The van der Waals surface area contributed by atoms with Crippen molar-refractivity contribution in [2.45, 2.75) is 0 Å². The number of nitrogens with two attached hydrogens (primary N) is 2. The fraction of sp³-hybridized carbons (Fsp3) is 0. The molecule has 0 aromatic rings. The molecule has 9 N–H and O–H groups in total. The molecule has 0 atom stereocenters. The van der Waals surface area contributed by atoms with Crippen LogP contribution in [0.5, 0.6) is 0 Å². The third-order valence-electron chi connectivity index (χ3n) is 0. The van der Waals surface area contributed by atoms with E-state index in [1.165, 1.54) is 0 Å². The first-order chi connectivity index (χ1) is 5.46. The molecule has 2 amide bonds. The van der Waals surface area contributed by atoms with Crippen LogP contribution in [0.25, 0.3) is 0 Å². The molecule has 0 saturated heterocycles. The van der Waals surface area contributed by atoms with Crippen LogP contribution < -0.4 is 41.0 Å². The van der Waals surface area contributed by atoms with Crippen LogP contribution >= 0.6 is 7.82 Å². The summed E-state index contributed by atoms with van der Waals surface area (Å²) in [4.78, 5) is 39.1. The van der Waals surface area contributed by atoms with E-state index in [0.717, 1.165) is 0 Å². The van der Waals surface area contributed by atoms with Gasteiger partial charge in [-0.25, -0.2) is 14.2 Å². The van der Waals surface area contributed by atoms with Crippen LogP contribution in [0, 0.1) is 0 Å². The summed E-state index contributed by atoms with van der Waals surface area (Å²) in [5.74, 6) is 0. The molecule has 0 spiro atoms. The van der Waals surface area contributed by atoms with Gasteiger partial charge in [0.1, 0.15) is 0 Å². The molecule has 12 heteroatoms. The second kappa shape index (κ2) is 12.7. The molecule has 0 rings (SSSR count). The summed E-state index contributed by atoms with van der Waals surface area (Å²) in [5, 5.41) is 14.4. The van der Waals surface area contributed by atoms with Crippen molar-refractivity contribution in [3.63, 3.8) is 0 Å². The minimum Gasteiger partial charge on any atom is -1.00 e. The summed E-state index contributed by atoms with van der Waals surface area (Å²) in [5.41, 5.74) is 8.06. The second-order valence-corrected chi connectivity index (χ2v) is 2.22. The maximum atomic E-state index is 8.88. The minimum atomic E-state index is -4.64. The predicted molar refractivity (Wildman–Crippen MR) is 39.8 cm³/mol. The van der Waals surface area contributed by atoms with E-state index in [2.05, 4.69) is 11.5 Å². The van der Waals surface area contributed by atoms with Gasteiger partial charge in [-0.2, -0.15) is 0 Å². The van der Waals surface area contributed by atoms with Crippen LogP contribution in [0.1, 0.15) is 1.43 Å². The van der Waals surface area contributed by atoms with Gasteiger partial charge in [-0.3, -0.25) is 0 Å². The van der Waals surface area contributed by atoms with E-state index in [-0.39, 0.29) is 31.0 Å². The third kappa shape index (κ3) is 10800. The van der Waals surface area contributed by atoms with Crippen molar-refractivity contribution in [3.05, 3.63) is 0 Å². The van der Waals surface area contributed by atoms with Crippen molar-refractivity contribution in [1.29, 1.82) is 0 Å². The number of amides is 2. The Morgan fingerprint density at radius 2 is 1.00 bits per heavy atom. The van der Waals surface area contributed by atoms with Crippen molar-refractivity contribution in [2.75, 3.05) is 0 Å². The van der Waals surface area contributed by atoms with Gasteiger partial charge in [0, 0.05) is 0 Å². The smallest absolute Gasteiger partial charge is 1.00 e. The SMILES string of the molecule is NC(=O)O.NC(=O)O.O=P(O)(O)O.[H-].[Na+]. The van der Waals surface area contributed by atoms with Crippen LogP contribution in [-0.4, -0.2) is 37.1 Å². The van der Waals surface area contributed by atoms with Crippen molar-refractivity contribution >= 4 is 20.0 Å². The first-order valence-electron chi connectivity index (χ1n) is 2.22. The molecule has 0 aliphatic rings. The summed E-state index contributed by atoms with van der Waals surface area (Å²) in [7, 11) is -4.64. The van der Waals surface area contributed by atoms with Gasteiger partial charge in [0.2, 0.25) is 0 Å². The standard InChI is InChI=1S/2CH3NO2.Na.H3O4P.H/c2*2-1(3)4;;1-5(2,3)4;/h2*2H2,(H,3,4);;(H3,1,2,3,4);/q;;+1;;-1. The zero-order chi connectivity index (χ0) is 11.7. The Balaban J connectivity index is -0.0000000315. The van der Waals surface area contributed by atoms with Crippen LogP contribution in [0.2, 0.25) is 0 Å². The Kier molecular flexibility index (Phi) is 21.2. The molecule has 0 bridgehead atoms. The Labute approximate surface area is 102 Å². The summed E-state index contributed by atoms with van der Waals surface area (Å²) in [6, 6.07) is 0. The largest absolute Gasteiger partial charge is 1.00 e. The van der Waals surface area contributed by atoms with Gasteiger partial charge in [0.15, 0.2) is 0 Å². The molecule has 0 fully saturated rings. The van der Waals surface area contributed by atoms with Crippen molar-refractivity contribution in [2.24, 2.45) is 11.5 Å². The number of primary amides is 2. The van der Waals surface area contributed by atoms with Crippen LogP contribution in [0.3, 0.4) is 0 Å². The minimum absolute atomic E-state index is 0. The molecule has 14 heavy (non-hydrogen) atoms. The summed E-state index contributed by atoms with van der Waals surface area (Å²) in [6.45, 7) is 0. The van der Waals surface area contributed by atoms with Gasteiger partial charge in [-0.1, -0.05) is 0 Å². The van der Waals surface area contributed by atoms with Gasteiger partial charge in [-0.15, -0.1) is 0 Å². The van der Waals surface area contributed by atoms with E-state index in [0.29, 0.717) is 0 Å². The molecule has 0 aromatic carbocycles. The van der Waals surface area contributed by atoms with Gasteiger partial charge >= 0.3 is 49.6 Å². The van der Waals surface area contributed by atoms with E-state index in [1.807, 2.05) is 0 Å². The van der Waals surface area contributed by atoms with E-state index in [1.54, 1.807) is 0 Å². The fourth-order valence-electron chi connectivity index (χ4n) is 0. The van der Waals surface area contributed by atoms with Crippen molar-refractivity contribution < 1.29 is 70.0 Å². The molecular weight excluding hydrogens is 234 g/mol. The van der Waals surface area contributed by atoms with Gasteiger partial charge in [0.25, 0.3) is 0 Å². The molecule has 82 valence electrons.